The average molecular weight is 360 g/mol. The number of hydrogen-bond acceptors (Lipinski definition) is 3. The zero-order valence-corrected chi connectivity index (χ0v) is 15.8. The van der Waals surface area contributed by atoms with E-state index in [0.29, 0.717) is 29.6 Å². The van der Waals surface area contributed by atoms with Gasteiger partial charge in [0.15, 0.2) is 5.76 Å². The Hall–Kier alpha value is -1.88. The summed E-state index contributed by atoms with van der Waals surface area (Å²) in [5.41, 5.74) is 1.89. The smallest absolute Gasteiger partial charge is 0.317 e. The van der Waals surface area contributed by atoms with Gasteiger partial charge in [0.1, 0.15) is 5.58 Å². The number of furan rings is 1. The van der Waals surface area contributed by atoms with Gasteiger partial charge in [0.25, 0.3) is 0 Å². The van der Waals surface area contributed by atoms with E-state index < -0.39 is 11.9 Å². The molecule has 0 bridgehead atoms. The van der Waals surface area contributed by atoms with Crippen LogP contribution >= 0.6 is 0 Å². The first-order valence-electron chi connectivity index (χ1n) is 9.84. The van der Waals surface area contributed by atoms with Crippen molar-refractivity contribution in [3.05, 3.63) is 35.6 Å². The van der Waals surface area contributed by atoms with E-state index in [9.17, 15) is 9.28 Å². The van der Waals surface area contributed by atoms with Gasteiger partial charge in [0, 0.05) is 11.9 Å². The van der Waals surface area contributed by atoms with Crippen LogP contribution in [0.4, 0.5) is 4.48 Å². The number of carbonyl (C=O) groups is 1. The summed E-state index contributed by atoms with van der Waals surface area (Å²) >= 11 is 0. The lowest BCUT2D eigenvalue weighted by atomic mass is 9.91. The zero-order chi connectivity index (χ0) is 18.5. The summed E-state index contributed by atoms with van der Waals surface area (Å²) in [5, 5.41) is 4.26. The Morgan fingerprint density at radius 1 is 1.31 bits per heavy atom. The van der Waals surface area contributed by atoms with Crippen LogP contribution in [0.3, 0.4) is 0 Å². The lowest BCUT2D eigenvalue weighted by molar-refractivity contribution is -0.00444. The predicted octanol–water partition coefficient (Wildman–Crippen LogP) is 4.88. The van der Waals surface area contributed by atoms with Crippen LogP contribution in [0.15, 0.2) is 28.7 Å². The molecule has 0 saturated carbocycles. The first-order chi connectivity index (χ1) is 12.6. The molecule has 0 spiro atoms. The fourth-order valence-corrected chi connectivity index (χ4v) is 3.93. The summed E-state index contributed by atoms with van der Waals surface area (Å²) in [5.74, 6) is 0.0724. The van der Waals surface area contributed by atoms with Crippen molar-refractivity contribution in [3.8, 4) is 0 Å². The fourth-order valence-electron chi connectivity index (χ4n) is 3.93. The molecule has 5 heteroatoms. The van der Waals surface area contributed by atoms with Gasteiger partial charge < -0.3 is 9.73 Å². The normalized spacial score (nSPS) is 17.3. The number of benzene rings is 1. The molecule has 1 aliphatic rings. The minimum Gasteiger partial charge on any atom is -0.451 e. The monoisotopic (exact) mass is 360 g/mol. The molecule has 0 aliphatic carbocycles. The number of halogens is 1. The van der Waals surface area contributed by atoms with Crippen molar-refractivity contribution in [3.63, 3.8) is 0 Å². The zero-order valence-electron chi connectivity index (χ0n) is 15.8. The first kappa shape index (κ1) is 18.9. The Kier molecular flexibility index (Phi) is 6.30. The molecular formula is C21H29FN2O2. The molecule has 2 heterocycles. The topological polar surface area (TPSA) is 45.5 Å². The second kappa shape index (κ2) is 8.67. The van der Waals surface area contributed by atoms with E-state index in [0.717, 1.165) is 18.4 Å². The van der Waals surface area contributed by atoms with Crippen molar-refractivity contribution in [2.45, 2.75) is 58.4 Å². The van der Waals surface area contributed by atoms with Gasteiger partial charge in [0.05, 0.1) is 6.04 Å². The average Bonchev–Trinajstić information content (AvgIpc) is 3.30. The summed E-state index contributed by atoms with van der Waals surface area (Å²) in [6.45, 7) is 5.67. The van der Waals surface area contributed by atoms with Crippen LogP contribution in [0.5, 0.6) is 0 Å². The van der Waals surface area contributed by atoms with Crippen molar-refractivity contribution in [2.24, 2.45) is 5.92 Å². The maximum atomic E-state index is 14.3. The molecule has 0 radical (unpaired) electrons. The third kappa shape index (κ3) is 4.26. The van der Waals surface area contributed by atoms with Crippen molar-refractivity contribution >= 4 is 16.9 Å². The quantitative estimate of drug-likeness (QED) is 0.683. The number of amides is 1. The summed E-state index contributed by atoms with van der Waals surface area (Å²) in [7, 11) is 0. The van der Waals surface area contributed by atoms with E-state index in [1.54, 1.807) is 6.07 Å². The minimum absolute atomic E-state index is 0.0743. The Morgan fingerprint density at radius 2 is 2.08 bits per heavy atom. The van der Waals surface area contributed by atoms with E-state index in [4.69, 9.17) is 4.42 Å². The Labute approximate surface area is 154 Å². The van der Waals surface area contributed by atoms with E-state index in [-0.39, 0.29) is 5.76 Å². The number of carbonyl (C=O) groups excluding carboxylic acids is 1. The third-order valence-electron chi connectivity index (χ3n) is 5.26. The van der Waals surface area contributed by atoms with Gasteiger partial charge in [-0.05, 0) is 49.1 Å². The van der Waals surface area contributed by atoms with Gasteiger partial charge in [-0.25, -0.2) is 0 Å². The fraction of sp³-hybridized carbons (Fsp3) is 0.571. The van der Waals surface area contributed by atoms with E-state index in [2.05, 4.69) is 31.3 Å². The molecule has 26 heavy (non-hydrogen) atoms. The molecule has 1 fully saturated rings. The molecule has 1 aromatic heterocycles. The molecule has 1 amide bonds. The highest BCUT2D eigenvalue weighted by Crippen LogP contribution is 2.26. The molecule has 2 aromatic rings. The SMILES string of the molecule is CCCC(CCC)Cc1ccc2oc(C(=O)N(F)[C@@H]3CCNC3)cc2c1. The van der Waals surface area contributed by atoms with Crippen LogP contribution in [0.2, 0.25) is 0 Å². The third-order valence-corrected chi connectivity index (χ3v) is 5.26. The van der Waals surface area contributed by atoms with Crippen LogP contribution in [-0.4, -0.2) is 30.2 Å². The van der Waals surface area contributed by atoms with Crippen LogP contribution in [0.25, 0.3) is 11.0 Å². The number of nitrogens with zero attached hydrogens (tertiary/aromatic N) is 1. The van der Waals surface area contributed by atoms with Gasteiger partial charge in [-0.15, -0.1) is 0 Å². The van der Waals surface area contributed by atoms with Crippen molar-refractivity contribution in [1.29, 1.82) is 0 Å². The number of nitrogens with one attached hydrogen (secondary N) is 1. The number of rotatable bonds is 8. The molecule has 1 N–H and O–H groups in total. The highest BCUT2D eigenvalue weighted by atomic mass is 19.2. The largest absolute Gasteiger partial charge is 0.451 e. The Balaban J connectivity index is 1.75. The lowest BCUT2D eigenvalue weighted by Gasteiger charge is -2.16. The molecule has 142 valence electrons. The molecule has 3 rings (SSSR count). The van der Waals surface area contributed by atoms with Gasteiger partial charge in [-0.3, -0.25) is 4.79 Å². The summed E-state index contributed by atoms with van der Waals surface area (Å²) in [4.78, 5) is 12.4. The second-order valence-electron chi connectivity index (χ2n) is 7.39. The molecule has 4 nitrogen and oxygen atoms in total. The summed E-state index contributed by atoms with van der Waals surface area (Å²) in [6, 6.07) is 7.30. The second-order valence-corrected chi connectivity index (χ2v) is 7.39. The first-order valence-corrected chi connectivity index (χ1v) is 9.84. The van der Waals surface area contributed by atoms with Crippen LogP contribution in [0, 0.1) is 5.92 Å². The maximum absolute atomic E-state index is 14.3. The van der Waals surface area contributed by atoms with E-state index in [1.807, 2.05) is 6.07 Å². The standard InChI is InChI=1S/C21H29FN2O2/c1-3-5-15(6-4-2)11-16-7-8-19-17(12-16)13-20(26-19)21(25)24(22)18-9-10-23-14-18/h7-8,12-13,15,18,23H,3-6,9-11,14H2,1-2H3/t18-/m1/s1. The molecular weight excluding hydrogens is 331 g/mol. The lowest BCUT2D eigenvalue weighted by Crippen LogP contribution is -2.35. The van der Waals surface area contributed by atoms with Crippen LogP contribution < -0.4 is 5.32 Å². The van der Waals surface area contributed by atoms with Gasteiger partial charge in [-0.2, -0.15) is 5.12 Å². The van der Waals surface area contributed by atoms with Crippen molar-refractivity contribution in [1.82, 2.24) is 10.4 Å². The maximum Gasteiger partial charge on any atom is 0.317 e. The van der Waals surface area contributed by atoms with Gasteiger partial charge in [0.2, 0.25) is 0 Å². The van der Waals surface area contributed by atoms with E-state index in [1.165, 1.54) is 31.2 Å². The minimum atomic E-state index is -0.689. The van der Waals surface area contributed by atoms with E-state index >= 15 is 0 Å². The van der Waals surface area contributed by atoms with Crippen LogP contribution in [-0.2, 0) is 6.42 Å². The predicted molar refractivity (Wildman–Crippen MR) is 102 cm³/mol. The molecule has 1 aliphatic heterocycles. The molecule has 1 atom stereocenters. The van der Waals surface area contributed by atoms with Crippen molar-refractivity contribution in [2.75, 3.05) is 13.1 Å². The van der Waals surface area contributed by atoms with Gasteiger partial charge >= 0.3 is 5.91 Å². The summed E-state index contributed by atoms with van der Waals surface area (Å²) in [6.07, 6.45) is 6.51. The molecule has 1 aromatic carbocycles. The number of hydrogen-bond donors (Lipinski definition) is 1. The highest BCUT2D eigenvalue weighted by molar-refractivity contribution is 5.95. The Bertz CT molecular complexity index is 731. The molecule has 1 saturated heterocycles. The summed E-state index contributed by atoms with van der Waals surface area (Å²) < 4.78 is 19.9. The Morgan fingerprint density at radius 3 is 2.73 bits per heavy atom. The van der Waals surface area contributed by atoms with Crippen molar-refractivity contribution < 1.29 is 13.7 Å². The van der Waals surface area contributed by atoms with Crippen LogP contribution in [0.1, 0.15) is 62.1 Å². The number of fused-ring (bicyclic) bond motifs is 1. The highest BCUT2D eigenvalue weighted by Gasteiger charge is 2.29. The molecule has 0 unspecified atom stereocenters. The van der Waals surface area contributed by atoms with Gasteiger partial charge in [-0.1, -0.05) is 50.1 Å².